The first kappa shape index (κ1) is 22.6. The molecule has 1 aliphatic rings. The average Bonchev–Trinajstić information content (AvgIpc) is 3.48. The van der Waals surface area contributed by atoms with E-state index in [1.807, 2.05) is 20.8 Å². The number of tetrazole rings is 1. The van der Waals surface area contributed by atoms with Crippen molar-refractivity contribution in [3.05, 3.63) is 36.4 Å². The molecule has 0 saturated carbocycles. The van der Waals surface area contributed by atoms with Gasteiger partial charge in [-0.2, -0.15) is 5.21 Å². The summed E-state index contributed by atoms with van der Waals surface area (Å²) in [6.07, 6.45) is 4.23. The Kier molecular flexibility index (Phi) is 5.75. The maximum atomic E-state index is 13.9. The number of aromatic amines is 1. The van der Waals surface area contributed by atoms with Gasteiger partial charge >= 0.3 is 6.09 Å². The summed E-state index contributed by atoms with van der Waals surface area (Å²) in [5.74, 6) is 0.703. The molecule has 1 saturated heterocycles. The molecular formula is C22H25FN10O2. The highest BCUT2D eigenvalue weighted by Crippen LogP contribution is 2.25. The number of piperidine rings is 1. The third-order valence-electron chi connectivity index (χ3n) is 5.42. The molecule has 4 aromatic heterocycles. The Balaban J connectivity index is 1.45. The number of nitrogens with one attached hydrogen (secondary N) is 2. The monoisotopic (exact) mass is 480 g/mol. The number of hydrogen-bond acceptors (Lipinski definition) is 9. The van der Waals surface area contributed by atoms with Crippen LogP contribution in [0.2, 0.25) is 0 Å². The number of aromatic nitrogens is 8. The Morgan fingerprint density at radius 2 is 2.11 bits per heavy atom. The normalized spacial score (nSPS) is 16.5. The molecule has 1 fully saturated rings. The smallest absolute Gasteiger partial charge is 0.410 e. The number of H-pyrrole nitrogens is 1. The van der Waals surface area contributed by atoms with Crippen LogP contribution in [0.25, 0.3) is 28.7 Å². The van der Waals surface area contributed by atoms with Crippen molar-refractivity contribution in [2.24, 2.45) is 0 Å². The van der Waals surface area contributed by atoms with E-state index in [0.717, 1.165) is 12.8 Å². The van der Waals surface area contributed by atoms with Crippen LogP contribution in [0.1, 0.15) is 33.6 Å². The molecule has 2 N–H and O–H groups in total. The van der Waals surface area contributed by atoms with E-state index >= 15 is 0 Å². The minimum atomic E-state index is -0.563. The molecule has 4 aromatic rings. The highest BCUT2D eigenvalue weighted by Gasteiger charge is 2.28. The second kappa shape index (κ2) is 8.89. The van der Waals surface area contributed by atoms with Gasteiger partial charge in [0.2, 0.25) is 5.82 Å². The van der Waals surface area contributed by atoms with Crippen LogP contribution in [0.3, 0.4) is 0 Å². The fourth-order valence-electron chi connectivity index (χ4n) is 3.94. The quantitative estimate of drug-likeness (QED) is 0.451. The first-order valence-electron chi connectivity index (χ1n) is 11.3. The summed E-state index contributed by atoms with van der Waals surface area (Å²) in [6.45, 7) is 6.63. The standard InChI is InChI=1S/C22H25FN10O2/c1-22(2,3)35-21(34)32-8-4-5-14(12-32)25-17-9-15(19-28-30-31-29-19)26-20(27-17)16-10-24-18-7-6-13(23)11-33(16)18/h6-7,9-11,14H,4-5,8,12H2,1-3H3,(H,25,26,27)(H,28,29,30,31)/t14-/m1/s1. The van der Waals surface area contributed by atoms with E-state index in [-0.39, 0.29) is 18.0 Å². The molecule has 0 bridgehead atoms. The van der Waals surface area contributed by atoms with Crippen molar-refractivity contribution in [2.45, 2.75) is 45.3 Å². The molecule has 1 amide bonds. The average molecular weight is 481 g/mol. The van der Waals surface area contributed by atoms with Crippen LogP contribution >= 0.6 is 0 Å². The number of pyridine rings is 1. The summed E-state index contributed by atoms with van der Waals surface area (Å²) in [4.78, 5) is 27.8. The molecular weight excluding hydrogens is 455 g/mol. The minimum absolute atomic E-state index is 0.0586. The highest BCUT2D eigenvalue weighted by molar-refractivity contribution is 5.68. The molecule has 5 rings (SSSR count). The highest BCUT2D eigenvalue weighted by atomic mass is 19.1. The molecule has 0 unspecified atom stereocenters. The molecule has 0 aromatic carbocycles. The predicted octanol–water partition coefficient (Wildman–Crippen LogP) is 2.92. The van der Waals surface area contributed by atoms with Crippen LogP contribution in [0.4, 0.5) is 15.0 Å². The number of amides is 1. The maximum absolute atomic E-state index is 13.9. The van der Waals surface area contributed by atoms with Gasteiger partial charge in [0.1, 0.15) is 34.3 Å². The summed E-state index contributed by atoms with van der Waals surface area (Å²) < 4.78 is 21.0. The van der Waals surface area contributed by atoms with Crippen molar-refractivity contribution < 1.29 is 13.9 Å². The second-order valence-electron chi connectivity index (χ2n) is 9.33. The van der Waals surface area contributed by atoms with Crippen molar-refractivity contribution in [3.63, 3.8) is 0 Å². The Morgan fingerprint density at radius 3 is 2.89 bits per heavy atom. The SMILES string of the molecule is CC(C)(C)OC(=O)N1CCC[C@@H](Nc2cc(-c3nn[nH]n3)nc(-c3cnc4ccc(F)cn34)n2)C1. The van der Waals surface area contributed by atoms with Crippen LogP contribution in [0.5, 0.6) is 0 Å². The Labute approximate surface area is 199 Å². The Bertz CT molecular complexity index is 1350. The molecule has 1 atom stereocenters. The van der Waals surface area contributed by atoms with Crippen molar-refractivity contribution in [2.75, 3.05) is 18.4 Å². The number of ether oxygens (including phenoxy) is 1. The van der Waals surface area contributed by atoms with Crippen LogP contribution < -0.4 is 5.32 Å². The summed E-state index contributed by atoms with van der Waals surface area (Å²) in [5.41, 5.74) is 0.931. The largest absolute Gasteiger partial charge is 0.444 e. The molecule has 13 heteroatoms. The number of hydrogen-bond donors (Lipinski definition) is 2. The van der Waals surface area contributed by atoms with Gasteiger partial charge in [0.15, 0.2) is 5.82 Å². The van der Waals surface area contributed by atoms with Crippen molar-refractivity contribution in [1.82, 2.24) is 44.9 Å². The summed E-state index contributed by atoms with van der Waals surface area (Å²) in [5, 5.41) is 17.5. The van der Waals surface area contributed by atoms with E-state index in [0.29, 0.717) is 41.8 Å². The molecule has 12 nitrogen and oxygen atoms in total. The van der Waals surface area contributed by atoms with Crippen LogP contribution in [-0.4, -0.2) is 75.7 Å². The number of rotatable bonds is 4. The summed E-state index contributed by atoms with van der Waals surface area (Å²) in [7, 11) is 0. The molecule has 0 radical (unpaired) electrons. The van der Waals surface area contributed by atoms with Gasteiger partial charge in [-0.05, 0) is 51.0 Å². The summed E-state index contributed by atoms with van der Waals surface area (Å²) in [6, 6.07) is 4.57. The molecule has 5 heterocycles. The van der Waals surface area contributed by atoms with E-state index in [9.17, 15) is 9.18 Å². The first-order valence-corrected chi connectivity index (χ1v) is 11.3. The first-order chi connectivity index (χ1) is 16.7. The molecule has 0 spiro atoms. The number of nitrogens with zero attached hydrogens (tertiary/aromatic N) is 8. The Hall–Kier alpha value is -4.16. The lowest BCUT2D eigenvalue weighted by molar-refractivity contribution is 0.0206. The zero-order valence-electron chi connectivity index (χ0n) is 19.6. The second-order valence-corrected chi connectivity index (χ2v) is 9.33. The van der Waals surface area contributed by atoms with E-state index in [2.05, 4.69) is 40.9 Å². The lowest BCUT2D eigenvalue weighted by Crippen LogP contribution is -2.47. The van der Waals surface area contributed by atoms with E-state index in [4.69, 9.17) is 4.74 Å². The summed E-state index contributed by atoms with van der Waals surface area (Å²) >= 11 is 0. The van der Waals surface area contributed by atoms with Crippen molar-refractivity contribution >= 4 is 17.6 Å². The molecule has 182 valence electrons. The molecule has 1 aliphatic heterocycles. The number of anilines is 1. The van der Waals surface area contributed by atoms with Gasteiger partial charge in [0, 0.05) is 31.4 Å². The van der Waals surface area contributed by atoms with Gasteiger partial charge in [-0.15, -0.1) is 10.2 Å². The number of imidazole rings is 1. The van der Waals surface area contributed by atoms with Crippen LogP contribution in [-0.2, 0) is 4.74 Å². The van der Waals surface area contributed by atoms with Gasteiger partial charge in [-0.1, -0.05) is 0 Å². The fraction of sp³-hybridized carbons (Fsp3) is 0.409. The van der Waals surface area contributed by atoms with Crippen LogP contribution in [0, 0.1) is 5.82 Å². The lowest BCUT2D eigenvalue weighted by atomic mass is 10.1. The van der Waals surface area contributed by atoms with Crippen molar-refractivity contribution in [3.8, 4) is 23.0 Å². The number of halogens is 1. The molecule has 35 heavy (non-hydrogen) atoms. The lowest BCUT2D eigenvalue weighted by Gasteiger charge is -2.34. The van der Waals surface area contributed by atoms with E-state index in [1.54, 1.807) is 27.6 Å². The topological polar surface area (TPSA) is 139 Å². The number of likely N-dealkylation sites (tertiary alicyclic amines) is 1. The van der Waals surface area contributed by atoms with Gasteiger partial charge < -0.3 is 15.0 Å². The van der Waals surface area contributed by atoms with E-state index < -0.39 is 11.4 Å². The van der Waals surface area contributed by atoms with Gasteiger partial charge in [-0.3, -0.25) is 4.40 Å². The van der Waals surface area contributed by atoms with Gasteiger partial charge in [0.05, 0.1) is 6.20 Å². The third kappa shape index (κ3) is 5.03. The molecule has 0 aliphatic carbocycles. The Morgan fingerprint density at radius 1 is 1.26 bits per heavy atom. The van der Waals surface area contributed by atoms with Gasteiger partial charge in [0.25, 0.3) is 0 Å². The minimum Gasteiger partial charge on any atom is -0.444 e. The zero-order valence-corrected chi connectivity index (χ0v) is 19.6. The zero-order chi connectivity index (χ0) is 24.6. The van der Waals surface area contributed by atoms with E-state index in [1.165, 1.54) is 12.3 Å². The fourth-order valence-corrected chi connectivity index (χ4v) is 3.94. The third-order valence-corrected chi connectivity index (χ3v) is 5.42. The maximum Gasteiger partial charge on any atom is 0.410 e. The van der Waals surface area contributed by atoms with Crippen LogP contribution in [0.15, 0.2) is 30.6 Å². The predicted molar refractivity (Wildman–Crippen MR) is 124 cm³/mol. The van der Waals surface area contributed by atoms with Gasteiger partial charge in [-0.25, -0.2) is 24.1 Å². The number of carbonyl (C=O) groups excluding carboxylic acids is 1. The number of fused-ring (bicyclic) bond motifs is 1. The van der Waals surface area contributed by atoms with Crippen molar-refractivity contribution in [1.29, 1.82) is 0 Å². The number of carbonyl (C=O) groups is 1.